The van der Waals surface area contributed by atoms with E-state index in [1.807, 2.05) is 49.5 Å². The molecule has 1 amide bonds. The first-order valence-electron chi connectivity index (χ1n) is 22.7. The van der Waals surface area contributed by atoms with Gasteiger partial charge in [-0.3, -0.25) is 29.6 Å². The molecule has 0 N–H and O–H groups in total. The highest BCUT2D eigenvalue weighted by molar-refractivity contribution is 7.81. The molecule has 0 bridgehead atoms. The molecule has 4 aliphatic rings. The van der Waals surface area contributed by atoms with Gasteiger partial charge in [-0.1, -0.05) is 11.6 Å². The second-order valence-corrected chi connectivity index (χ2v) is 19.1. The third-order valence-corrected chi connectivity index (χ3v) is 12.0. The van der Waals surface area contributed by atoms with Gasteiger partial charge in [-0.25, -0.2) is 0 Å². The number of carbonyl (C=O) groups excluding carboxylic acids is 1. The largest absolute Gasteiger partial charge is 0.493 e. The first-order valence-corrected chi connectivity index (χ1v) is 23.2. The summed E-state index contributed by atoms with van der Waals surface area (Å²) in [6, 6.07) is 11.5. The lowest BCUT2D eigenvalue weighted by Gasteiger charge is -2.29. The lowest BCUT2D eigenvalue weighted by atomic mass is 10.1. The predicted octanol–water partition coefficient (Wildman–Crippen LogP) is 6.80. The third kappa shape index (κ3) is 13.2. The molecule has 0 spiro atoms. The van der Waals surface area contributed by atoms with Crippen molar-refractivity contribution in [2.75, 3.05) is 101 Å². The molecule has 7 rings (SSSR count). The van der Waals surface area contributed by atoms with Crippen molar-refractivity contribution >= 4 is 42.3 Å². The number of pyridine rings is 1. The normalized spacial score (nSPS) is 18.7. The summed E-state index contributed by atoms with van der Waals surface area (Å²) in [5, 5.41) is 0. The summed E-state index contributed by atoms with van der Waals surface area (Å²) in [7, 11) is 7.28. The maximum Gasteiger partial charge on any atom is 0.256 e. The molecule has 352 valence electrons. The van der Waals surface area contributed by atoms with Crippen LogP contribution in [0.2, 0.25) is 0 Å². The van der Waals surface area contributed by atoms with Gasteiger partial charge in [-0.2, -0.15) is 12.6 Å². The number of methoxy groups -OCH3 is 2. The minimum absolute atomic E-state index is 0.00583. The molecule has 0 aliphatic carbocycles. The summed E-state index contributed by atoms with van der Waals surface area (Å²) in [6.45, 7) is 14.7. The zero-order valence-corrected chi connectivity index (χ0v) is 40.1. The number of fused-ring (bicyclic) bond motifs is 4. The van der Waals surface area contributed by atoms with Crippen molar-refractivity contribution in [2.45, 2.75) is 76.6 Å². The molecule has 4 aliphatic heterocycles. The molecule has 3 aromatic rings. The van der Waals surface area contributed by atoms with Crippen molar-refractivity contribution in [3.8, 4) is 28.7 Å². The first-order chi connectivity index (χ1) is 31.4. The summed E-state index contributed by atoms with van der Waals surface area (Å²) in [4.78, 5) is 36.8. The van der Waals surface area contributed by atoms with Crippen molar-refractivity contribution in [1.29, 1.82) is 0 Å². The highest BCUT2D eigenvalue weighted by Crippen LogP contribution is 2.40. The summed E-state index contributed by atoms with van der Waals surface area (Å²) >= 11 is 4.83. The van der Waals surface area contributed by atoms with E-state index in [-0.39, 0.29) is 36.0 Å². The summed E-state index contributed by atoms with van der Waals surface area (Å²) in [6.07, 6.45) is 8.97. The Morgan fingerprint density at radius 2 is 1.43 bits per heavy atom. The third-order valence-electron chi connectivity index (χ3n) is 11.9. The summed E-state index contributed by atoms with van der Waals surface area (Å²) in [5.74, 6) is 2.67. The highest BCUT2D eigenvalue weighted by atomic mass is 32.1. The van der Waals surface area contributed by atoms with Crippen LogP contribution in [-0.4, -0.2) is 160 Å². The molecular weight excluding hydrogens is 847 g/mol. The molecule has 0 saturated carbocycles. The smallest absolute Gasteiger partial charge is 0.256 e. The molecule has 15 nitrogen and oxygen atoms in total. The topological polar surface area (TPSA) is 132 Å². The van der Waals surface area contributed by atoms with Crippen LogP contribution in [0.4, 0.5) is 11.4 Å². The molecule has 2 aromatic carbocycles. The van der Waals surface area contributed by atoms with E-state index in [0.29, 0.717) is 97.5 Å². The van der Waals surface area contributed by atoms with E-state index in [1.165, 1.54) is 5.57 Å². The Morgan fingerprint density at radius 1 is 0.785 bits per heavy atom. The number of ether oxygens (including phenoxy) is 7. The molecule has 1 unspecified atom stereocenters. The van der Waals surface area contributed by atoms with Crippen LogP contribution in [-0.2, 0) is 29.2 Å². The SMILES string of the molecule is C/C=C1\CC2C=Nc3cc(OCc4cc(OCCN(CCOCCOCCN(C)C)CC(C)(C)S)cc(COc5cc6c(cc5OC)C(=O)N5CCC[C@H]5C=N6)n4)c(OC)cc3CN2C1. The fraction of sp³-hybridized carbons (Fsp3) is 0.551. The molecule has 0 radical (unpaired) electrons. The number of aromatic nitrogens is 1. The van der Waals surface area contributed by atoms with Crippen LogP contribution in [0.3, 0.4) is 0 Å². The maximum absolute atomic E-state index is 13.5. The minimum Gasteiger partial charge on any atom is -0.493 e. The zero-order chi connectivity index (χ0) is 45.9. The number of hydrogen-bond acceptors (Lipinski definition) is 15. The Hall–Kier alpha value is -4.71. The molecule has 5 heterocycles. The lowest BCUT2D eigenvalue weighted by molar-refractivity contribution is 0.0327. The quantitative estimate of drug-likeness (QED) is 0.0610. The van der Waals surface area contributed by atoms with Gasteiger partial charge in [0, 0.05) is 93.3 Å². The van der Waals surface area contributed by atoms with Crippen molar-refractivity contribution in [3.63, 3.8) is 0 Å². The van der Waals surface area contributed by atoms with E-state index in [0.717, 1.165) is 63.2 Å². The van der Waals surface area contributed by atoms with Gasteiger partial charge in [0.1, 0.15) is 25.6 Å². The van der Waals surface area contributed by atoms with Crippen LogP contribution in [0.5, 0.6) is 28.7 Å². The molecule has 65 heavy (non-hydrogen) atoms. The number of likely N-dealkylation sites (N-methyl/N-ethyl adjacent to an activating group) is 1. The van der Waals surface area contributed by atoms with Crippen LogP contribution in [0.15, 0.2) is 58.0 Å². The monoisotopic (exact) mass is 913 g/mol. The van der Waals surface area contributed by atoms with Crippen LogP contribution in [0, 0.1) is 0 Å². The predicted molar refractivity (Wildman–Crippen MR) is 257 cm³/mol. The van der Waals surface area contributed by atoms with Crippen LogP contribution >= 0.6 is 12.6 Å². The van der Waals surface area contributed by atoms with Crippen molar-refractivity contribution in [1.82, 2.24) is 24.6 Å². The van der Waals surface area contributed by atoms with Gasteiger partial charge < -0.3 is 43.0 Å². The number of benzene rings is 2. The van der Waals surface area contributed by atoms with E-state index < -0.39 is 0 Å². The van der Waals surface area contributed by atoms with Crippen molar-refractivity contribution in [2.24, 2.45) is 9.98 Å². The molecule has 1 aromatic heterocycles. The minimum atomic E-state index is -0.221. The van der Waals surface area contributed by atoms with Gasteiger partial charge in [-0.15, -0.1) is 0 Å². The second kappa shape index (κ2) is 22.7. The second-order valence-electron chi connectivity index (χ2n) is 17.9. The number of amides is 1. The average molecular weight is 914 g/mol. The van der Waals surface area contributed by atoms with Crippen molar-refractivity contribution < 1.29 is 38.0 Å². The molecule has 2 fully saturated rings. The first kappa shape index (κ1) is 48.2. The Kier molecular flexibility index (Phi) is 16.8. The van der Waals surface area contributed by atoms with Crippen LogP contribution in [0.1, 0.15) is 67.3 Å². The Balaban J connectivity index is 1.07. The van der Waals surface area contributed by atoms with E-state index in [2.05, 4.69) is 47.8 Å². The number of thiol groups is 1. The number of carbonyl (C=O) groups is 1. The van der Waals surface area contributed by atoms with Crippen LogP contribution < -0.4 is 23.7 Å². The number of aliphatic imine (C=N–C) groups is 2. The van der Waals surface area contributed by atoms with Crippen LogP contribution in [0.25, 0.3) is 0 Å². The van der Waals surface area contributed by atoms with E-state index in [1.54, 1.807) is 26.4 Å². The molecule has 2 atom stereocenters. The molecular formula is C49H67N7O8S. The fourth-order valence-corrected chi connectivity index (χ4v) is 8.71. The number of hydrogen-bond donors (Lipinski definition) is 1. The Labute approximate surface area is 390 Å². The molecule has 16 heteroatoms. The summed E-state index contributed by atoms with van der Waals surface area (Å²) < 4.78 is 42.3. The van der Waals surface area contributed by atoms with E-state index in [9.17, 15) is 4.79 Å². The number of nitrogens with zero attached hydrogens (tertiary/aromatic N) is 7. The lowest BCUT2D eigenvalue weighted by Crippen LogP contribution is -2.39. The number of allylic oxidation sites excluding steroid dienone is 1. The van der Waals surface area contributed by atoms with Gasteiger partial charge in [0.15, 0.2) is 23.0 Å². The van der Waals surface area contributed by atoms with Gasteiger partial charge in [0.2, 0.25) is 0 Å². The number of rotatable bonds is 23. The van der Waals surface area contributed by atoms with Gasteiger partial charge >= 0.3 is 0 Å². The average Bonchev–Trinajstić information content (AvgIpc) is 3.85. The van der Waals surface area contributed by atoms with Gasteiger partial charge in [-0.05, 0) is 71.8 Å². The Morgan fingerprint density at radius 3 is 2.11 bits per heavy atom. The zero-order valence-electron chi connectivity index (χ0n) is 39.2. The Bertz CT molecular complexity index is 2190. The fourth-order valence-electron chi connectivity index (χ4n) is 8.51. The highest BCUT2D eigenvalue weighted by Gasteiger charge is 2.33. The van der Waals surface area contributed by atoms with Gasteiger partial charge in [0.25, 0.3) is 5.91 Å². The standard InChI is InChI=1S/C49H67N7O8S/c1-8-34-20-39-28-50-42-25-46(44(58-6)21-35(42)30-55(39)29-34)63-31-36-22-40(62-17-14-54(33-49(2,3)65)13-16-61-19-18-60-15-12-53(4)5)23-37(52-36)32-64-47-26-43-41(24-45(47)59-7)48(57)56-11-9-10-38(56)27-51-43/h8,21-28,38-39,65H,9-20,29-33H2,1-7H3/b34-8+/t38-,39?/m0/s1. The van der Waals surface area contributed by atoms with E-state index in [4.69, 9.17) is 60.8 Å². The molecule has 2 saturated heterocycles. The summed E-state index contributed by atoms with van der Waals surface area (Å²) in [5.41, 5.74) is 5.69. The maximum atomic E-state index is 13.5. The van der Waals surface area contributed by atoms with Gasteiger partial charge in [0.05, 0.1) is 75.0 Å². The van der Waals surface area contributed by atoms with E-state index >= 15 is 0 Å². The van der Waals surface area contributed by atoms with Crippen molar-refractivity contribution in [3.05, 3.63) is 70.6 Å².